The Labute approximate surface area is 340 Å². The average molecular weight is 816 g/mol. The predicted molar refractivity (Wildman–Crippen MR) is 210 cm³/mol. The highest BCUT2D eigenvalue weighted by molar-refractivity contribution is 6.00. The number of hydrogen-bond acceptors (Lipinski definition) is 13. The monoisotopic (exact) mass is 815 g/mol. The number of carbonyl (C=O) groups excluding carboxylic acids is 4. The fraction of sp³-hybridized carbons (Fsp3) is 0.714. The molecule has 0 radical (unpaired) electrons. The SMILES string of the molecule is CC[C@H]1OC(=O)[C@H](C)C(=O)[C@H](C)[C@@H](O[C@@H]2O[C@H](C)C[C@H](N(C)C)[C@H]2O)[C@](C)(OC)C[C@](C)(F)C(=O)[C@H](CCCCn2cnc(-c3cccnc3)c2)[C@@H]2NC(=O)O[C@]12C. The Kier molecular flexibility index (Phi) is 14.2. The number of ether oxygens (including phenoxy) is 5. The van der Waals surface area contributed by atoms with Crippen molar-refractivity contribution in [3.63, 3.8) is 0 Å². The summed E-state index contributed by atoms with van der Waals surface area (Å²) in [6, 6.07) is 2.28. The zero-order valence-electron chi connectivity index (χ0n) is 35.5. The van der Waals surface area contributed by atoms with Crippen LogP contribution in [0.25, 0.3) is 11.3 Å². The number of nitrogens with one attached hydrogen (secondary N) is 1. The molecule has 16 heteroatoms. The number of carbonyl (C=O) groups is 4. The van der Waals surface area contributed by atoms with Gasteiger partial charge in [-0.15, -0.1) is 0 Å². The van der Waals surface area contributed by atoms with Crippen molar-refractivity contribution in [3.05, 3.63) is 37.1 Å². The third kappa shape index (κ3) is 9.46. The Hall–Kier alpha value is -3.83. The van der Waals surface area contributed by atoms with Crippen molar-refractivity contribution in [2.24, 2.45) is 17.8 Å². The van der Waals surface area contributed by atoms with E-state index in [2.05, 4.69) is 15.3 Å². The van der Waals surface area contributed by atoms with Crippen LogP contribution >= 0.6 is 0 Å². The number of methoxy groups -OCH3 is 1. The number of alkyl carbamates (subject to hydrolysis) is 1. The lowest BCUT2D eigenvalue weighted by Gasteiger charge is -2.47. The van der Waals surface area contributed by atoms with Crippen molar-refractivity contribution in [2.45, 2.75) is 153 Å². The number of cyclic esters (lactones) is 1. The molecule has 322 valence electrons. The van der Waals surface area contributed by atoms with E-state index in [1.165, 1.54) is 21.0 Å². The number of halogens is 1. The number of amides is 1. The predicted octanol–water partition coefficient (Wildman–Crippen LogP) is 4.68. The number of aliphatic hydroxyl groups excluding tert-OH is 1. The fourth-order valence-corrected chi connectivity index (χ4v) is 9.10. The summed E-state index contributed by atoms with van der Waals surface area (Å²) in [7, 11) is 4.98. The lowest BCUT2D eigenvalue weighted by atomic mass is 9.71. The molecule has 3 fully saturated rings. The van der Waals surface area contributed by atoms with Gasteiger partial charge in [-0.05, 0) is 86.5 Å². The second kappa shape index (κ2) is 18.2. The minimum atomic E-state index is -2.61. The highest BCUT2D eigenvalue weighted by Gasteiger charge is 2.60. The smallest absolute Gasteiger partial charge is 0.408 e. The van der Waals surface area contributed by atoms with Gasteiger partial charge in [0, 0.05) is 62.1 Å². The quantitative estimate of drug-likeness (QED) is 0.182. The number of aromatic nitrogens is 3. The van der Waals surface area contributed by atoms with Crippen molar-refractivity contribution in [3.8, 4) is 11.3 Å². The van der Waals surface area contributed by atoms with Gasteiger partial charge < -0.3 is 43.6 Å². The zero-order chi connectivity index (χ0) is 42.7. The maximum atomic E-state index is 17.7. The number of hydrogen-bond donors (Lipinski definition) is 2. The first-order valence-corrected chi connectivity index (χ1v) is 20.4. The maximum Gasteiger partial charge on any atom is 0.408 e. The minimum Gasteiger partial charge on any atom is -0.458 e. The van der Waals surface area contributed by atoms with E-state index < -0.39 is 95.3 Å². The van der Waals surface area contributed by atoms with E-state index in [0.717, 1.165) is 11.3 Å². The lowest BCUT2D eigenvalue weighted by Crippen LogP contribution is -2.62. The number of esters is 1. The number of ketones is 2. The Morgan fingerprint density at radius 1 is 1.12 bits per heavy atom. The molecule has 13 atom stereocenters. The molecular weight excluding hydrogens is 753 g/mol. The summed E-state index contributed by atoms with van der Waals surface area (Å²) in [4.78, 5) is 66.6. The van der Waals surface area contributed by atoms with E-state index >= 15 is 4.39 Å². The number of aliphatic hydroxyl groups is 1. The van der Waals surface area contributed by atoms with E-state index in [0.29, 0.717) is 25.8 Å². The van der Waals surface area contributed by atoms with Crippen molar-refractivity contribution < 1.29 is 52.4 Å². The molecule has 3 saturated heterocycles. The van der Waals surface area contributed by atoms with Crippen LogP contribution in [0.4, 0.5) is 9.18 Å². The van der Waals surface area contributed by atoms with Crippen LogP contribution in [-0.4, -0.2) is 129 Å². The summed E-state index contributed by atoms with van der Waals surface area (Å²) < 4.78 is 50.0. The molecule has 1 amide bonds. The van der Waals surface area contributed by atoms with E-state index in [9.17, 15) is 24.3 Å². The van der Waals surface area contributed by atoms with Gasteiger partial charge in [-0.25, -0.2) is 14.2 Å². The van der Waals surface area contributed by atoms with E-state index in [-0.39, 0.29) is 25.0 Å². The van der Waals surface area contributed by atoms with Crippen LogP contribution < -0.4 is 5.32 Å². The molecule has 5 rings (SSSR count). The van der Waals surface area contributed by atoms with Crippen molar-refractivity contribution in [1.29, 1.82) is 0 Å². The molecule has 3 aliphatic rings. The first-order chi connectivity index (χ1) is 27.3. The number of fused-ring (bicyclic) bond motifs is 1. The number of rotatable bonds is 11. The number of aryl methyl sites for hydroxylation is 1. The summed E-state index contributed by atoms with van der Waals surface area (Å²) in [5.74, 6) is -5.88. The van der Waals surface area contributed by atoms with Crippen molar-refractivity contribution >= 4 is 23.6 Å². The first-order valence-electron chi connectivity index (χ1n) is 20.4. The highest BCUT2D eigenvalue weighted by Crippen LogP contribution is 2.43. The molecule has 0 spiro atoms. The van der Waals surface area contributed by atoms with Gasteiger partial charge in [-0.3, -0.25) is 19.4 Å². The van der Waals surface area contributed by atoms with Gasteiger partial charge >= 0.3 is 12.1 Å². The summed E-state index contributed by atoms with van der Waals surface area (Å²) in [5.41, 5.74) is -4.27. The number of nitrogens with zero attached hydrogens (tertiary/aromatic N) is 4. The standard InChI is InChI=1S/C42H62FN5O10/c1-11-31-42(7)34(46-39(53)58-42)28(16-12-13-18-48-21-29(45-23-48)27-15-14-17-44-20-27)35(51)40(5,43)22-41(6,54-10)36(25(3)32(49)26(4)37(52)56-31)57-38-33(50)30(47(8)9)19-24(2)55-38/h14-15,17,20-21,23-26,28,30-31,33-34,36,38,50H,11-13,16,18-19,22H2,1-10H3,(H,46,53)/t24-,25+,26-,28-,30+,31-,33-,34+,36-,38+,40+,41-,42-/m1/s1. The molecule has 0 bridgehead atoms. The Morgan fingerprint density at radius 2 is 1.84 bits per heavy atom. The summed E-state index contributed by atoms with van der Waals surface area (Å²) in [6.45, 7) is 11.4. The normalized spacial score (nSPS) is 37.8. The molecular formula is C42H62FN5O10. The van der Waals surface area contributed by atoms with Gasteiger partial charge in [0.1, 0.15) is 18.1 Å². The van der Waals surface area contributed by atoms with Crippen LogP contribution in [0.1, 0.15) is 87.0 Å². The van der Waals surface area contributed by atoms with Crippen molar-refractivity contribution in [1.82, 2.24) is 24.8 Å². The van der Waals surface area contributed by atoms with Gasteiger partial charge in [0.25, 0.3) is 0 Å². The van der Waals surface area contributed by atoms with Gasteiger partial charge in [-0.1, -0.05) is 20.3 Å². The molecule has 0 aromatic carbocycles. The molecule has 3 aliphatic heterocycles. The maximum absolute atomic E-state index is 17.7. The molecule has 0 aliphatic carbocycles. The van der Waals surface area contributed by atoms with Gasteiger partial charge in [0.05, 0.1) is 35.9 Å². The van der Waals surface area contributed by atoms with Crippen LogP contribution in [0.5, 0.6) is 0 Å². The summed E-state index contributed by atoms with van der Waals surface area (Å²) >= 11 is 0. The van der Waals surface area contributed by atoms with Crippen LogP contribution in [0, 0.1) is 17.8 Å². The number of unbranched alkanes of at least 4 members (excludes halogenated alkanes) is 1. The van der Waals surface area contributed by atoms with Gasteiger partial charge in [-0.2, -0.15) is 0 Å². The highest BCUT2D eigenvalue weighted by atomic mass is 19.1. The molecule has 0 saturated carbocycles. The molecule has 2 N–H and O–H groups in total. The van der Waals surface area contributed by atoms with Crippen LogP contribution in [0.3, 0.4) is 0 Å². The largest absolute Gasteiger partial charge is 0.458 e. The van der Waals surface area contributed by atoms with E-state index in [4.69, 9.17) is 23.7 Å². The molecule has 5 heterocycles. The molecule has 58 heavy (non-hydrogen) atoms. The number of pyridine rings is 1. The number of likely N-dealkylation sites (N-methyl/N-ethyl adjacent to an activating group) is 1. The Balaban J connectivity index is 1.50. The second-order valence-corrected chi connectivity index (χ2v) is 17.2. The summed E-state index contributed by atoms with van der Waals surface area (Å²) in [6.07, 6.45) is 2.29. The van der Waals surface area contributed by atoms with Crippen LogP contribution in [0.2, 0.25) is 0 Å². The second-order valence-electron chi connectivity index (χ2n) is 17.2. The summed E-state index contributed by atoms with van der Waals surface area (Å²) in [5, 5.41) is 14.2. The van der Waals surface area contributed by atoms with E-state index in [1.54, 1.807) is 46.4 Å². The Bertz CT molecular complexity index is 1760. The van der Waals surface area contributed by atoms with E-state index in [1.807, 2.05) is 48.8 Å². The Morgan fingerprint density at radius 3 is 2.48 bits per heavy atom. The van der Waals surface area contributed by atoms with Crippen molar-refractivity contribution in [2.75, 3.05) is 21.2 Å². The van der Waals surface area contributed by atoms with Gasteiger partial charge in [0.15, 0.2) is 29.1 Å². The van der Waals surface area contributed by atoms with Crippen LogP contribution in [-0.2, 0) is 44.6 Å². The average Bonchev–Trinajstić information content (AvgIpc) is 3.79. The number of Topliss-reactive ketones (excluding diaryl/α,β-unsaturated/α-hetero) is 2. The molecule has 2 aromatic heterocycles. The first kappa shape index (κ1) is 45.3. The minimum absolute atomic E-state index is 0.150. The van der Waals surface area contributed by atoms with Crippen LogP contribution in [0.15, 0.2) is 37.1 Å². The fourth-order valence-electron chi connectivity index (χ4n) is 9.10. The molecule has 0 unspecified atom stereocenters. The third-order valence-corrected chi connectivity index (χ3v) is 12.5. The topological polar surface area (TPSA) is 181 Å². The molecule has 2 aromatic rings. The number of imidazole rings is 1. The number of alkyl halides is 1. The molecule has 15 nitrogen and oxygen atoms in total. The zero-order valence-corrected chi connectivity index (χ0v) is 35.5. The third-order valence-electron chi connectivity index (χ3n) is 12.5. The van der Waals surface area contributed by atoms with Gasteiger partial charge in [0.2, 0.25) is 0 Å². The lowest BCUT2D eigenvalue weighted by molar-refractivity contribution is -0.296.